The van der Waals surface area contributed by atoms with Gasteiger partial charge in [0, 0.05) is 0 Å². The second-order valence-electron chi connectivity index (χ2n) is 7.26. The lowest BCUT2D eigenvalue weighted by atomic mass is 9.92. The second-order valence-corrected chi connectivity index (χ2v) is 7.26. The van der Waals surface area contributed by atoms with Gasteiger partial charge in [-0.05, 0) is 67.2 Å². The summed E-state index contributed by atoms with van der Waals surface area (Å²) < 4.78 is 5.97. The van der Waals surface area contributed by atoms with Crippen molar-refractivity contribution in [3.05, 3.63) is 41.7 Å². The van der Waals surface area contributed by atoms with Gasteiger partial charge in [-0.15, -0.1) is 0 Å². The van der Waals surface area contributed by atoms with E-state index in [1.54, 1.807) is 0 Å². The van der Waals surface area contributed by atoms with Gasteiger partial charge in [0.2, 0.25) is 0 Å². The van der Waals surface area contributed by atoms with Crippen LogP contribution in [0.2, 0.25) is 0 Å². The van der Waals surface area contributed by atoms with Crippen LogP contribution < -0.4 is 4.74 Å². The van der Waals surface area contributed by atoms with Crippen LogP contribution in [0.3, 0.4) is 0 Å². The third kappa shape index (κ3) is 4.90. The minimum Gasteiger partial charge on any atom is -0.465 e. The molecule has 0 N–H and O–H groups in total. The Labute approximate surface area is 136 Å². The van der Waals surface area contributed by atoms with Crippen LogP contribution in [0.15, 0.2) is 36.1 Å². The van der Waals surface area contributed by atoms with Gasteiger partial charge in [-0.25, -0.2) is 0 Å². The van der Waals surface area contributed by atoms with E-state index in [0.717, 1.165) is 23.5 Å². The second kappa shape index (κ2) is 8.41. The van der Waals surface area contributed by atoms with E-state index >= 15 is 0 Å². The molecule has 2 unspecified atom stereocenters. The molecule has 22 heavy (non-hydrogen) atoms. The SMILES string of the molecule is CCCCCC1CC(C(C)C)C/C1=C\Oc1cccc(C)c1. The molecule has 1 heteroatoms. The highest BCUT2D eigenvalue weighted by Gasteiger charge is 2.30. The highest BCUT2D eigenvalue weighted by atomic mass is 16.5. The normalized spacial score (nSPS) is 23.4. The first-order valence-corrected chi connectivity index (χ1v) is 9.02. The van der Waals surface area contributed by atoms with Gasteiger partial charge in [-0.1, -0.05) is 52.2 Å². The van der Waals surface area contributed by atoms with Gasteiger partial charge >= 0.3 is 0 Å². The van der Waals surface area contributed by atoms with Crippen LogP contribution in [-0.2, 0) is 0 Å². The van der Waals surface area contributed by atoms with E-state index in [4.69, 9.17) is 4.74 Å². The number of ether oxygens (including phenoxy) is 1. The maximum atomic E-state index is 5.97. The Morgan fingerprint density at radius 2 is 2.09 bits per heavy atom. The molecule has 1 nitrogen and oxygen atoms in total. The Morgan fingerprint density at radius 3 is 2.77 bits per heavy atom. The largest absolute Gasteiger partial charge is 0.465 e. The summed E-state index contributed by atoms with van der Waals surface area (Å²) in [4.78, 5) is 0. The van der Waals surface area contributed by atoms with Crippen molar-refractivity contribution >= 4 is 0 Å². The molecule has 2 atom stereocenters. The molecule has 0 saturated heterocycles. The maximum absolute atomic E-state index is 5.97. The molecule has 0 aliphatic heterocycles. The summed E-state index contributed by atoms with van der Waals surface area (Å²) in [6, 6.07) is 8.33. The zero-order valence-electron chi connectivity index (χ0n) is 14.8. The van der Waals surface area contributed by atoms with Crippen LogP contribution >= 0.6 is 0 Å². The Morgan fingerprint density at radius 1 is 1.27 bits per heavy atom. The van der Waals surface area contributed by atoms with Crippen molar-refractivity contribution in [3.8, 4) is 5.75 Å². The van der Waals surface area contributed by atoms with E-state index in [2.05, 4.69) is 52.2 Å². The summed E-state index contributed by atoms with van der Waals surface area (Å²) in [6.45, 7) is 9.11. The molecule has 0 aromatic heterocycles. The van der Waals surface area contributed by atoms with Gasteiger partial charge in [-0.2, -0.15) is 0 Å². The lowest BCUT2D eigenvalue weighted by Crippen LogP contribution is -2.04. The van der Waals surface area contributed by atoms with Crippen LogP contribution in [0.4, 0.5) is 0 Å². The summed E-state index contributed by atoms with van der Waals surface area (Å²) in [5.41, 5.74) is 2.79. The van der Waals surface area contributed by atoms with E-state index in [0.29, 0.717) is 0 Å². The zero-order chi connectivity index (χ0) is 15.9. The van der Waals surface area contributed by atoms with Crippen molar-refractivity contribution in [2.75, 3.05) is 0 Å². The molecule has 2 rings (SSSR count). The van der Waals surface area contributed by atoms with Gasteiger partial charge in [0.1, 0.15) is 5.75 Å². The van der Waals surface area contributed by atoms with Gasteiger partial charge in [0.05, 0.1) is 6.26 Å². The topological polar surface area (TPSA) is 9.23 Å². The molecule has 122 valence electrons. The Kier molecular flexibility index (Phi) is 6.54. The summed E-state index contributed by atoms with van der Waals surface area (Å²) in [5.74, 6) is 3.31. The average molecular weight is 300 g/mol. The molecule has 1 saturated carbocycles. The van der Waals surface area contributed by atoms with Crippen LogP contribution in [0.5, 0.6) is 5.75 Å². The smallest absolute Gasteiger partial charge is 0.126 e. The Balaban J connectivity index is 2.02. The van der Waals surface area contributed by atoms with Gasteiger partial charge in [0.15, 0.2) is 0 Å². The molecule has 1 aromatic carbocycles. The Bertz CT molecular complexity index is 486. The third-order valence-electron chi connectivity index (χ3n) is 5.04. The van der Waals surface area contributed by atoms with E-state index in [9.17, 15) is 0 Å². The number of unbranched alkanes of at least 4 members (excludes halogenated alkanes) is 2. The fraction of sp³-hybridized carbons (Fsp3) is 0.619. The van der Waals surface area contributed by atoms with Crippen LogP contribution in [0.1, 0.15) is 64.9 Å². The first kappa shape index (κ1) is 17.1. The molecule has 1 aromatic rings. The molecule has 0 amide bonds. The molecule has 1 aliphatic carbocycles. The Hall–Kier alpha value is -1.24. The molecular formula is C21H32O. The van der Waals surface area contributed by atoms with Crippen molar-refractivity contribution in [1.82, 2.24) is 0 Å². The number of aryl methyl sites for hydroxylation is 1. The molecule has 0 bridgehead atoms. The summed E-state index contributed by atoms with van der Waals surface area (Å²) in [5, 5.41) is 0. The number of benzene rings is 1. The third-order valence-corrected chi connectivity index (χ3v) is 5.04. The van der Waals surface area contributed by atoms with Crippen molar-refractivity contribution in [2.45, 2.75) is 66.2 Å². The van der Waals surface area contributed by atoms with Gasteiger partial charge < -0.3 is 4.74 Å². The lowest BCUT2D eigenvalue weighted by molar-refractivity contribution is 0.369. The zero-order valence-corrected chi connectivity index (χ0v) is 14.8. The monoisotopic (exact) mass is 300 g/mol. The van der Waals surface area contributed by atoms with E-state index in [1.807, 2.05) is 6.07 Å². The van der Waals surface area contributed by atoms with Crippen LogP contribution in [0, 0.1) is 24.7 Å². The van der Waals surface area contributed by atoms with E-state index in [-0.39, 0.29) is 0 Å². The quantitative estimate of drug-likeness (QED) is 0.411. The minimum absolute atomic E-state index is 0.740. The van der Waals surface area contributed by atoms with Crippen molar-refractivity contribution in [1.29, 1.82) is 0 Å². The highest BCUT2D eigenvalue weighted by molar-refractivity contribution is 5.28. The standard InChI is InChI=1S/C21H32O/c1-5-6-7-10-18-13-19(16(2)3)14-20(18)15-22-21-11-8-9-17(4)12-21/h8-9,11-12,15-16,18-19H,5-7,10,13-14H2,1-4H3/b20-15+. The highest BCUT2D eigenvalue weighted by Crippen LogP contribution is 2.42. The first-order valence-electron chi connectivity index (χ1n) is 9.02. The van der Waals surface area contributed by atoms with Gasteiger partial charge in [0.25, 0.3) is 0 Å². The average Bonchev–Trinajstić information content (AvgIpc) is 2.89. The number of allylic oxidation sites excluding steroid dienone is 1. The van der Waals surface area contributed by atoms with Crippen molar-refractivity contribution < 1.29 is 4.74 Å². The predicted octanol–water partition coefficient (Wildman–Crippen LogP) is 6.52. The first-order chi connectivity index (χ1) is 10.6. The van der Waals surface area contributed by atoms with Crippen LogP contribution in [0.25, 0.3) is 0 Å². The molecule has 1 fully saturated rings. The van der Waals surface area contributed by atoms with Crippen molar-refractivity contribution in [3.63, 3.8) is 0 Å². The number of hydrogen-bond donors (Lipinski definition) is 0. The van der Waals surface area contributed by atoms with E-state index < -0.39 is 0 Å². The number of rotatable bonds is 7. The fourth-order valence-electron chi connectivity index (χ4n) is 3.50. The van der Waals surface area contributed by atoms with E-state index in [1.165, 1.54) is 49.7 Å². The van der Waals surface area contributed by atoms with Crippen LogP contribution in [-0.4, -0.2) is 0 Å². The summed E-state index contributed by atoms with van der Waals surface area (Å²) >= 11 is 0. The number of hydrogen-bond acceptors (Lipinski definition) is 1. The molecule has 1 aliphatic rings. The predicted molar refractivity (Wildman–Crippen MR) is 95.1 cm³/mol. The summed E-state index contributed by atoms with van der Waals surface area (Å²) in [6.07, 6.45) is 9.99. The molecule has 0 heterocycles. The maximum Gasteiger partial charge on any atom is 0.126 e. The molecule has 0 radical (unpaired) electrons. The molecule has 0 spiro atoms. The lowest BCUT2D eigenvalue weighted by Gasteiger charge is -2.14. The van der Waals surface area contributed by atoms with Crippen molar-refractivity contribution in [2.24, 2.45) is 17.8 Å². The fourth-order valence-corrected chi connectivity index (χ4v) is 3.50. The molecular weight excluding hydrogens is 268 g/mol. The minimum atomic E-state index is 0.740. The van der Waals surface area contributed by atoms with Gasteiger partial charge in [-0.3, -0.25) is 0 Å². The summed E-state index contributed by atoms with van der Waals surface area (Å²) in [7, 11) is 0.